The Morgan fingerprint density at radius 3 is 2.12 bits per heavy atom. The van der Waals surface area contributed by atoms with E-state index in [2.05, 4.69) is 36.9 Å². The Morgan fingerprint density at radius 2 is 1.40 bits per heavy atom. The van der Waals surface area contributed by atoms with Crippen LogP contribution in [0.25, 0.3) is 50.5 Å². The summed E-state index contributed by atoms with van der Waals surface area (Å²) in [4.78, 5) is 26.9. The van der Waals surface area contributed by atoms with Crippen molar-refractivity contribution < 1.29 is 9.36 Å². The third-order valence-electron chi connectivity index (χ3n) is 7.41. The van der Waals surface area contributed by atoms with E-state index in [1.54, 1.807) is 12.4 Å². The number of imidazole rings is 2. The summed E-state index contributed by atoms with van der Waals surface area (Å²) in [6.45, 7) is 0. The second-order valence-electron chi connectivity index (χ2n) is 10.1. The van der Waals surface area contributed by atoms with Crippen molar-refractivity contribution in [3.05, 3.63) is 120 Å². The van der Waals surface area contributed by atoms with Crippen LogP contribution in [0.15, 0.2) is 114 Å². The van der Waals surface area contributed by atoms with Gasteiger partial charge in [-0.05, 0) is 54.6 Å². The fourth-order valence-electron chi connectivity index (χ4n) is 5.21. The van der Waals surface area contributed by atoms with Gasteiger partial charge in [0.25, 0.3) is 5.91 Å². The predicted octanol–water partition coefficient (Wildman–Crippen LogP) is 6.48. The zero-order valence-corrected chi connectivity index (χ0v) is 24.4. The molecule has 0 fully saturated rings. The Morgan fingerprint density at radius 1 is 0.762 bits per heavy atom. The van der Waals surface area contributed by atoms with E-state index in [1.807, 2.05) is 114 Å². The van der Waals surface area contributed by atoms with Gasteiger partial charge in [-0.1, -0.05) is 22.0 Å². The van der Waals surface area contributed by atoms with Crippen LogP contribution in [0.1, 0.15) is 10.4 Å². The summed E-state index contributed by atoms with van der Waals surface area (Å²) in [7, 11) is 3.99. The molecule has 1 N–H and O–H groups in total. The van der Waals surface area contributed by atoms with Crippen LogP contribution in [0.5, 0.6) is 0 Å². The number of aromatic nitrogens is 6. The highest BCUT2D eigenvalue weighted by molar-refractivity contribution is 9.10. The normalized spacial score (nSPS) is 11.3. The summed E-state index contributed by atoms with van der Waals surface area (Å²) in [6, 6.07) is 27.3. The number of hydrogen-bond acceptors (Lipinski definition) is 4. The Bertz CT molecular complexity index is 2120. The zero-order chi connectivity index (χ0) is 28.8. The van der Waals surface area contributed by atoms with E-state index in [1.165, 1.54) is 0 Å². The lowest BCUT2D eigenvalue weighted by atomic mass is 10.1. The van der Waals surface area contributed by atoms with Crippen LogP contribution in [-0.4, -0.2) is 30.0 Å². The number of aryl methyl sites for hydroxylation is 2. The summed E-state index contributed by atoms with van der Waals surface area (Å²) in [5.74, 6) is 1.55. The monoisotopic (exact) mass is 614 g/mol. The summed E-state index contributed by atoms with van der Waals surface area (Å²) in [5, 5.41) is 3.05. The van der Waals surface area contributed by atoms with Crippen LogP contribution < -0.4 is 9.88 Å². The molecule has 0 atom stereocenters. The molecule has 0 aliphatic carbocycles. The van der Waals surface area contributed by atoms with Crippen LogP contribution in [-0.2, 0) is 14.1 Å². The zero-order valence-electron chi connectivity index (χ0n) is 22.9. The summed E-state index contributed by atoms with van der Waals surface area (Å²) in [6.07, 6.45) is 7.47. The number of benzene rings is 3. The minimum Gasteiger partial charge on any atom is -0.327 e. The highest BCUT2D eigenvalue weighted by Gasteiger charge is 2.16. The Balaban J connectivity index is 1.12. The molecular formula is C33H25BrN7O+. The molecule has 7 rings (SSSR count). The van der Waals surface area contributed by atoms with E-state index in [9.17, 15) is 4.79 Å². The van der Waals surface area contributed by atoms with E-state index in [0.717, 1.165) is 55.0 Å². The number of fused-ring (bicyclic) bond motifs is 2. The maximum absolute atomic E-state index is 13.3. The fraction of sp³-hybridized carbons (Fsp3) is 0.0606. The van der Waals surface area contributed by atoms with Crippen LogP contribution in [0.4, 0.5) is 5.69 Å². The topological polar surface area (TPSA) is 81.5 Å². The number of rotatable bonds is 5. The van der Waals surface area contributed by atoms with Gasteiger partial charge in [-0.2, -0.15) is 4.57 Å². The molecule has 4 aromatic heterocycles. The number of halogens is 1. The molecule has 0 bridgehead atoms. The summed E-state index contributed by atoms with van der Waals surface area (Å²) < 4.78 is 7.12. The molecule has 4 heterocycles. The predicted molar refractivity (Wildman–Crippen MR) is 167 cm³/mol. The van der Waals surface area contributed by atoms with Crippen LogP contribution in [0.3, 0.4) is 0 Å². The van der Waals surface area contributed by atoms with Crippen LogP contribution in [0, 0.1) is 0 Å². The molecule has 204 valence electrons. The minimum atomic E-state index is -0.184. The summed E-state index contributed by atoms with van der Waals surface area (Å²) >= 11 is 3.54. The van der Waals surface area contributed by atoms with Crippen molar-refractivity contribution in [2.24, 2.45) is 14.1 Å². The number of pyridine rings is 2. The Hall–Kier alpha value is -5.15. The van der Waals surface area contributed by atoms with Gasteiger partial charge in [0.05, 0.1) is 22.1 Å². The number of amides is 1. The number of hydrogen-bond donors (Lipinski definition) is 1. The van der Waals surface area contributed by atoms with Crippen molar-refractivity contribution in [3.8, 4) is 28.5 Å². The van der Waals surface area contributed by atoms with Crippen LogP contribution in [0.2, 0.25) is 0 Å². The first-order chi connectivity index (χ1) is 20.4. The lowest BCUT2D eigenvalue weighted by Gasteiger charge is -2.07. The molecule has 42 heavy (non-hydrogen) atoms. The lowest BCUT2D eigenvalue weighted by Crippen LogP contribution is -2.29. The Kier molecular flexibility index (Phi) is 6.36. The van der Waals surface area contributed by atoms with Crippen LogP contribution >= 0.6 is 15.9 Å². The van der Waals surface area contributed by atoms with E-state index in [4.69, 9.17) is 9.97 Å². The molecule has 0 aliphatic heterocycles. The van der Waals surface area contributed by atoms with Gasteiger partial charge in [0.1, 0.15) is 11.6 Å². The molecule has 0 saturated carbocycles. The van der Waals surface area contributed by atoms with Crippen molar-refractivity contribution in [3.63, 3.8) is 0 Å². The first kappa shape index (κ1) is 25.8. The van der Waals surface area contributed by atoms with E-state index in [-0.39, 0.29) is 5.91 Å². The molecule has 0 spiro atoms. The summed E-state index contributed by atoms with van der Waals surface area (Å²) in [5.41, 5.74) is 7.93. The number of nitrogens with zero attached hydrogens (tertiary/aromatic N) is 6. The molecule has 1 amide bonds. The van der Waals surface area contributed by atoms with Gasteiger partial charge in [-0.3, -0.25) is 9.78 Å². The standard InChI is InChI=1S/C33H24BrN7O/c1-39-29-19-24(34)6-8-27(29)37-32(39)22-12-16-41(17-13-22)26-5-3-4-23(18-26)33(42)36-25-7-9-28-30(20-25)40(2)31(38-28)21-10-14-35-15-11-21/h3-20H,1-2H3/p+1. The lowest BCUT2D eigenvalue weighted by molar-refractivity contribution is -0.595. The molecule has 0 radical (unpaired) electrons. The van der Waals surface area contributed by atoms with E-state index < -0.39 is 0 Å². The molecule has 0 unspecified atom stereocenters. The quantitative estimate of drug-likeness (QED) is 0.225. The molecule has 3 aromatic carbocycles. The molecular weight excluding hydrogens is 590 g/mol. The molecule has 0 saturated heterocycles. The SMILES string of the molecule is Cn1c(-c2cc[n+](-c3cccc(C(=O)Nc4ccc5nc(-c6ccncc6)n(C)c5c4)c3)cc2)nc2ccc(Br)cc21. The average Bonchev–Trinajstić information content (AvgIpc) is 3.53. The van der Waals surface area contributed by atoms with Gasteiger partial charge < -0.3 is 14.5 Å². The number of carbonyl (C=O) groups excluding carboxylic acids is 1. The van der Waals surface area contributed by atoms with Crippen molar-refractivity contribution in [2.45, 2.75) is 0 Å². The molecule has 8 nitrogen and oxygen atoms in total. The van der Waals surface area contributed by atoms with Gasteiger partial charge in [0.15, 0.2) is 12.4 Å². The minimum absolute atomic E-state index is 0.184. The van der Waals surface area contributed by atoms with Crippen molar-refractivity contribution >= 4 is 49.6 Å². The van der Waals surface area contributed by atoms with Gasteiger partial charge >= 0.3 is 0 Å². The number of anilines is 1. The second-order valence-corrected chi connectivity index (χ2v) is 11.0. The van der Waals surface area contributed by atoms with E-state index in [0.29, 0.717) is 11.3 Å². The van der Waals surface area contributed by atoms with Gasteiger partial charge in [0.2, 0.25) is 5.69 Å². The number of nitrogens with one attached hydrogen (secondary N) is 1. The first-order valence-electron chi connectivity index (χ1n) is 13.4. The Labute approximate surface area is 250 Å². The third-order valence-corrected chi connectivity index (χ3v) is 7.91. The molecule has 7 aromatic rings. The molecule has 0 aliphatic rings. The van der Waals surface area contributed by atoms with Crippen molar-refractivity contribution in [2.75, 3.05) is 5.32 Å². The largest absolute Gasteiger partial charge is 0.327 e. The van der Waals surface area contributed by atoms with Gasteiger partial charge in [-0.25, -0.2) is 9.97 Å². The third kappa shape index (κ3) is 4.63. The van der Waals surface area contributed by atoms with Crippen molar-refractivity contribution in [1.82, 2.24) is 24.1 Å². The molecule has 9 heteroatoms. The highest BCUT2D eigenvalue weighted by atomic mass is 79.9. The second kappa shape index (κ2) is 10.4. The van der Waals surface area contributed by atoms with Crippen molar-refractivity contribution in [1.29, 1.82) is 0 Å². The average molecular weight is 616 g/mol. The maximum Gasteiger partial charge on any atom is 0.255 e. The highest BCUT2D eigenvalue weighted by Crippen LogP contribution is 2.27. The first-order valence-corrected chi connectivity index (χ1v) is 14.2. The maximum atomic E-state index is 13.3. The van der Waals surface area contributed by atoms with Gasteiger partial charge in [-0.15, -0.1) is 0 Å². The smallest absolute Gasteiger partial charge is 0.255 e. The van der Waals surface area contributed by atoms with E-state index >= 15 is 0 Å². The fourth-order valence-corrected chi connectivity index (χ4v) is 5.56. The number of carbonyl (C=O) groups is 1. The van der Waals surface area contributed by atoms with Gasteiger partial charge in [0, 0.05) is 77.6 Å².